The van der Waals surface area contributed by atoms with Gasteiger partial charge in [0, 0.05) is 0 Å². The lowest BCUT2D eigenvalue weighted by atomic mass is 10.4. The number of methoxy groups -OCH3 is 1. The van der Waals surface area contributed by atoms with Gasteiger partial charge >= 0.3 is 17.9 Å². The van der Waals surface area contributed by atoms with Gasteiger partial charge in [0.25, 0.3) is 0 Å². The van der Waals surface area contributed by atoms with Crippen LogP contribution >= 0.6 is 11.6 Å². The van der Waals surface area contributed by atoms with E-state index in [1.54, 1.807) is 0 Å². The summed E-state index contributed by atoms with van der Waals surface area (Å²) < 4.78 is 4.77. The fourth-order valence-electron chi connectivity index (χ4n) is 1.19. The van der Waals surface area contributed by atoms with E-state index in [-0.39, 0.29) is 16.9 Å². The summed E-state index contributed by atoms with van der Waals surface area (Å²) in [4.78, 5) is 29.9. The van der Waals surface area contributed by atoms with Crippen LogP contribution in [0.2, 0.25) is 5.02 Å². The molecule has 0 aromatic carbocycles. The Bertz CT molecular complexity index is 452. The summed E-state index contributed by atoms with van der Waals surface area (Å²) in [6.45, 7) is -1.10. The molecule has 0 saturated carbocycles. The first kappa shape index (κ1) is 14.0. The molecule has 1 rings (SSSR count). The average Bonchev–Trinajstić information content (AvgIpc) is 2.27. The van der Waals surface area contributed by atoms with Crippen LogP contribution in [0.1, 0.15) is 0 Å². The second-order valence-electron chi connectivity index (χ2n) is 3.17. The fourth-order valence-corrected chi connectivity index (χ4v) is 1.41. The predicted molar refractivity (Wildman–Crippen MR) is 61.1 cm³/mol. The van der Waals surface area contributed by atoms with Crippen LogP contribution in [-0.4, -0.2) is 52.3 Å². The molecule has 0 unspecified atom stereocenters. The van der Waals surface area contributed by atoms with Gasteiger partial charge in [0.15, 0.2) is 5.82 Å². The van der Waals surface area contributed by atoms with Crippen LogP contribution in [0.5, 0.6) is 6.01 Å². The van der Waals surface area contributed by atoms with Gasteiger partial charge in [0.05, 0.1) is 13.3 Å². The van der Waals surface area contributed by atoms with E-state index in [9.17, 15) is 9.59 Å². The molecule has 0 amide bonds. The highest BCUT2D eigenvalue weighted by molar-refractivity contribution is 6.32. The van der Waals surface area contributed by atoms with E-state index in [0.717, 1.165) is 4.90 Å². The highest BCUT2D eigenvalue weighted by Crippen LogP contribution is 2.24. The van der Waals surface area contributed by atoms with Crippen molar-refractivity contribution < 1.29 is 24.5 Å². The van der Waals surface area contributed by atoms with Gasteiger partial charge in [-0.15, -0.1) is 0 Å². The third-order valence-corrected chi connectivity index (χ3v) is 2.10. The number of hydrogen-bond acceptors (Lipinski definition) is 6. The molecule has 0 aliphatic heterocycles. The van der Waals surface area contributed by atoms with E-state index >= 15 is 0 Å². The summed E-state index contributed by atoms with van der Waals surface area (Å²) >= 11 is 5.81. The summed E-state index contributed by atoms with van der Waals surface area (Å²) in [5, 5.41) is 17.5. The van der Waals surface area contributed by atoms with Crippen LogP contribution in [0, 0.1) is 0 Å². The monoisotopic (exact) mass is 275 g/mol. The molecule has 1 heterocycles. The molecule has 18 heavy (non-hydrogen) atoms. The first-order valence-corrected chi connectivity index (χ1v) is 5.07. The summed E-state index contributed by atoms with van der Waals surface area (Å²) in [5.74, 6) is -2.41. The van der Waals surface area contributed by atoms with Crippen molar-refractivity contribution in [1.82, 2.24) is 9.97 Å². The maximum atomic E-state index is 10.7. The molecule has 1 aromatic rings. The summed E-state index contributed by atoms with van der Waals surface area (Å²) in [7, 11) is 1.33. The topological polar surface area (TPSA) is 113 Å². The Hall–Kier alpha value is -2.09. The summed E-state index contributed by atoms with van der Waals surface area (Å²) in [5.41, 5.74) is 0. The van der Waals surface area contributed by atoms with Crippen LogP contribution in [0.25, 0.3) is 0 Å². The van der Waals surface area contributed by atoms with Crippen LogP contribution in [0.15, 0.2) is 6.20 Å². The molecule has 0 spiro atoms. The number of ether oxygens (including phenoxy) is 1. The van der Waals surface area contributed by atoms with Gasteiger partial charge < -0.3 is 19.8 Å². The quantitative estimate of drug-likeness (QED) is 0.752. The van der Waals surface area contributed by atoms with Gasteiger partial charge in [-0.25, -0.2) is 4.98 Å². The molecule has 0 fully saturated rings. The second kappa shape index (κ2) is 6.01. The second-order valence-corrected chi connectivity index (χ2v) is 3.58. The zero-order valence-electron chi connectivity index (χ0n) is 9.33. The molecule has 0 atom stereocenters. The number of halogens is 1. The molecular formula is C9H10ClN3O5. The molecule has 0 saturated heterocycles. The highest BCUT2D eigenvalue weighted by atomic mass is 35.5. The number of hydrogen-bond donors (Lipinski definition) is 2. The molecule has 9 heteroatoms. The van der Waals surface area contributed by atoms with Gasteiger partial charge in [0.2, 0.25) is 0 Å². The Labute approximate surface area is 107 Å². The molecule has 0 aliphatic rings. The smallest absolute Gasteiger partial charge is 0.323 e. The molecule has 1 aromatic heterocycles. The number of rotatable bonds is 6. The lowest BCUT2D eigenvalue weighted by Crippen LogP contribution is -2.35. The average molecular weight is 276 g/mol. The fraction of sp³-hybridized carbons (Fsp3) is 0.333. The molecule has 2 N–H and O–H groups in total. The van der Waals surface area contributed by atoms with Crippen molar-refractivity contribution in [3.8, 4) is 6.01 Å². The molecule has 0 radical (unpaired) electrons. The normalized spacial score (nSPS) is 9.89. The number of aliphatic carboxylic acids is 2. The van der Waals surface area contributed by atoms with Crippen molar-refractivity contribution >= 4 is 29.4 Å². The van der Waals surface area contributed by atoms with Gasteiger partial charge in [0.1, 0.15) is 18.1 Å². The number of anilines is 1. The van der Waals surface area contributed by atoms with E-state index in [2.05, 4.69) is 9.97 Å². The Morgan fingerprint density at radius 2 is 1.94 bits per heavy atom. The third kappa shape index (κ3) is 3.74. The van der Waals surface area contributed by atoms with Crippen molar-refractivity contribution in [2.45, 2.75) is 0 Å². The number of aromatic nitrogens is 2. The molecular weight excluding hydrogens is 266 g/mol. The number of carboxylic acid groups (broad SMARTS) is 2. The van der Waals surface area contributed by atoms with Crippen LogP contribution < -0.4 is 9.64 Å². The Morgan fingerprint density at radius 3 is 2.39 bits per heavy atom. The SMILES string of the molecule is COc1ncc(Cl)c(N(CC(=O)O)CC(=O)O)n1. The number of carbonyl (C=O) groups is 2. The van der Waals surface area contributed by atoms with E-state index < -0.39 is 25.0 Å². The Kier molecular flexibility index (Phi) is 4.67. The minimum absolute atomic E-state index is 0.00619. The maximum absolute atomic E-state index is 10.7. The summed E-state index contributed by atoms with van der Waals surface area (Å²) in [6.07, 6.45) is 1.21. The van der Waals surface area contributed by atoms with E-state index in [4.69, 9.17) is 26.6 Å². The minimum atomic E-state index is -1.20. The first-order chi connectivity index (χ1) is 8.43. The Morgan fingerprint density at radius 1 is 1.39 bits per heavy atom. The zero-order valence-corrected chi connectivity index (χ0v) is 10.1. The van der Waals surface area contributed by atoms with Gasteiger partial charge in [-0.1, -0.05) is 11.6 Å². The van der Waals surface area contributed by atoms with Crippen LogP contribution in [0.3, 0.4) is 0 Å². The van der Waals surface area contributed by atoms with Gasteiger partial charge in [-0.2, -0.15) is 4.98 Å². The largest absolute Gasteiger partial charge is 0.480 e. The van der Waals surface area contributed by atoms with Gasteiger partial charge in [-0.3, -0.25) is 9.59 Å². The first-order valence-electron chi connectivity index (χ1n) is 4.69. The zero-order chi connectivity index (χ0) is 13.7. The molecule has 0 aliphatic carbocycles. The minimum Gasteiger partial charge on any atom is -0.480 e. The predicted octanol–water partition coefficient (Wildman–Crippen LogP) is 0.114. The summed E-state index contributed by atoms with van der Waals surface area (Å²) in [6, 6.07) is -0.0322. The third-order valence-electron chi connectivity index (χ3n) is 1.84. The van der Waals surface area contributed by atoms with Crippen molar-refractivity contribution in [2.24, 2.45) is 0 Å². The Balaban J connectivity index is 3.09. The number of nitrogens with zero attached hydrogens (tertiary/aromatic N) is 3. The van der Waals surface area contributed by atoms with Crippen LogP contribution in [0.4, 0.5) is 5.82 Å². The lowest BCUT2D eigenvalue weighted by Gasteiger charge is -2.20. The van der Waals surface area contributed by atoms with E-state index in [1.807, 2.05) is 0 Å². The molecule has 98 valence electrons. The van der Waals surface area contributed by atoms with E-state index in [1.165, 1.54) is 13.3 Å². The lowest BCUT2D eigenvalue weighted by molar-refractivity contribution is -0.136. The van der Waals surface area contributed by atoms with Crippen molar-refractivity contribution in [2.75, 3.05) is 25.1 Å². The highest BCUT2D eigenvalue weighted by Gasteiger charge is 2.19. The maximum Gasteiger partial charge on any atom is 0.323 e. The van der Waals surface area contributed by atoms with Crippen molar-refractivity contribution in [1.29, 1.82) is 0 Å². The molecule has 0 bridgehead atoms. The molecule has 8 nitrogen and oxygen atoms in total. The van der Waals surface area contributed by atoms with Crippen LogP contribution in [-0.2, 0) is 9.59 Å². The van der Waals surface area contributed by atoms with Crippen molar-refractivity contribution in [3.63, 3.8) is 0 Å². The standard InChI is InChI=1S/C9H10ClN3O5/c1-18-9-11-2-5(10)8(12-9)13(3-6(14)15)4-7(16)17/h2H,3-4H2,1H3,(H,14,15)(H,16,17). The van der Waals surface area contributed by atoms with Crippen molar-refractivity contribution in [3.05, 3.63) is 11.2 Å². The number of carboxylic acids is 2. The van der Waals surface area contributed by atoms with E-state index in [0.29, 0.717) is 0 Å². The van der Waals surface area contributed by atoms with Gasteiger partial charge in [-0.05, 0) is 0 Å².